The first-order chi connectivity index (χ1) is 17.8. The predicted octanol–water partition coefficient (Wildman–Crippen LogP) is 4.56. The van der Waals surface area contributed by atoms with E-state index in [0.29, 0.717) is 35.0 Å². The first-order valence-corrected chi connectivity index (χ1v) is 11.6. The number of amides is 3. The highest BCUT2D eigenvalue weighted by molar-refractivity contribution is 6.53. The summed E-state index contributed by atoms with van der Waals surface area (Å²) in [6.45, 7) is 2.34. The van der Waals surface area contributed by atoms with E-state index in [1.165, 1.54) is 19.2 Å². The summed E-state index contributed by atoms with van der Waals surface area (Å²) in [5.41, 5.74) is 1.57. The van der Waals surface area contributed by atoms with Crippen molar-refractivity contribution < 1.29 is 28.7 Å². The molecule has 0 unspecified atom stereocenters. The molecule has 0 spiro atoms. The third-order valence-corrected chi connectivity index (χ3v) is 5.72. The number of nitrogens with one attached hydrogen (secondary N) is 2. The van der Waals surface area contributed by atoms with Gasteiger partial charge in [0.05, 0.1) is 25.0 Å². The summed E-state index contributed by atoms with van der Waals surface area (Å²) in [5.74, 6) is -1.67. The normalized spacial score (nSPS) is 13.0. The zero-order valence-corrected chi connectivity index (χ0v) is 20.7. The highest BCUT2D eigenvalue weighted by Gasteiger charge is 2.39. The molecular weight excluding hydrogens is 498 g/mol. The van der Waals surface area contributed by atoms with Crippen LogP contribution in [0.1, 0.15) is 27.6 Å². The van der Waals surface area contributed by atoms with E-state index in [2.05, 4.69) is 10.6 Å². The Morgan fingerprint density at radius 3 is 2.22 bits per heavy atom. The molecule has 0 saturated heterocycles. The van der Waals surface area contributed by atoms with Gasteiger partial charge in [-0.2, -0.15) is 0 Å². The van der Waals surface area contributed by atoms with Gasteiger partial charge in [-0.25, -0.2) is 9.69 Å². The van der Waals surface area contributed by atoms with E-state index in [1.807, 2.05) is 6.92 Å². The number of hydrogen-bond acceptors (Lipinski definition) is 7. The second-order valence-electron chi connectivity index (χ2n) is 7.79. The van der Waals surface area contributed by atoms with E-state index in [4.69, 9.17) is 21.1 Å². The van der Waals surface area contributed by atoms with Gasteiger partial charge in [0.15, 0.2) is 0 Å². The van der Waals surface area contributed by atoms with Crippen LogP contribution in [0, 0.1) is 0 Å². The first-order valence-electron chi connectivity index (χ1n) is 11.2. The van der Waals surface area contributed by atoms with Gasteiger partial charge in [0, 0.05) is 16.9 Å². The zero-order chi connectivity index (χ0) is 26.5. The van der Waals surface area contributed by atoms with Crippen molar-refractivity contribution in [1.82, 2.24) is 0 Å². The fourth-order valence-electron chi connectivity index (χ4n) is 3.63. The number of carbonyl (C=O) groups excluding carboxylic acids is 4. The maximum atomic E-state index is 13.1. The highest BCUT2D eigenvalue weighted by Crippen LogP contribution is 2.31. The van der Waals surface area contributed by atoms with Crippen LogP contribution in [-0.2, 0) is 14.3 Å². The molecule has 4 rings (SSSR count). The third-order valence-electron chi connectivity index (χ3n) is 5.37. The first kappa shape index (κ1) is 25.5. The lowest BCUT2D eigenvalue weighted by Gasteiger charge is -2.16. The lowest BCUT2D eigenvalue weighted by Crippen LogP contribution is -2.32. The number of imide groups is 1. The molecule has 0 aliphatic carbocycles. The van der Waals surface area contributed by atoms with Gasteiger partial charge in [-0.1, -0.05) is 23.7 Å². The second-order valence-corrected chi connectivity index (χ2v) is 8.17. The molecule has 3 aromatic rings. The van der Waals surface area contributed by atoms with Gasteiger partial charge in [-0.15, -0.1) is 0 Å². The van der Waals surface area contributed by atoms with Gasteiger partial charge in [-0.05, 0) is 67.6 Å². The van der Waals surface area contributed by atoms with Crippen molar-refractivity contribution in [3.8, 4) is 5.75 Å². The third kappa shape index (κ3) is 5.46. The number of rotatable bonds is 8. The standard InChI is InChI=1S/C27H22ClN3O6/c1-3-37-21-12-10-20(11-13-21)31-25(33)22(28)23(26(31)34)29-18-8-4-6-16(14-18)24(32)30-19-9-5-7-17(15-19)27(35)36-2/h4-15,29H,3H2,1-2H3,(H,30,32). The molecule has 10 heteroatoms. The van der Waals surface area contributed by atoms with Crippen molar-refractivity contribution >= 4 is 52.4 Å². The van der Waals surface area contributed by atoms with Crippen molar-refractivity contribution in [3.05, 3.63) is 94.7 Å². The number of hydrogen-bond donors (Lipinski definition) is 2. The Hall–Kier alpha value is -4.63. The summed E-state index contributed by atoms with van der Waals surface area (Å²) in [5, 5.41) is 5.31. The molecule has 9 nitrogen and oxygen atoms in total. The van der Waals surface area contributed by atoms with Crippen LogP contribution in [0.25, 0.3) is 0 Å². The summed E-state index contributed by atoms with van der Waals surface area (Å²) < 4.78 is 10.1. The maximum Gasteiger partial charge on any atom is 0.337 e. The second kappa shape index (κ2) is 11.0. The maximum absolute atomic E-state index is 13.1. The van der Waals surface area contributed by atoms with Gasteiger partial charge < -0.3 is 20.1 Å². The Morgan fingerprint density at radius 2 is 1.54 bits per heavy atom. The molecule has 3 amide bonds. The molecule has 0 atom stereocenters. The van der Waals surface area contributed by atoms with Crippen molar-refractivity contribution in [1.29, 1.82) is 0 Å². The van der Waals surface area contributed by atoms with Gasteiger partial charge >= 0.3 is 5.97 Å². The van der Waals surface area contributed by atoms with Crippen LogP contribution < -0.4 is 20.3 Å². The lowest BCUT2D eigenvalue weighted by atomic mass is 10.1. The molecule has 3 aromatic carbocycles. The van der Waals surface area contributed by atoms with Crippen LogP contribution in [0.5, 0.6) is 5.75 Å². The number of esters is 1. The lowest BCUT2D eigenvalue weighted by molar-refractivity contribution is -0.120. The summed E-state index contributed by atoms with van der Waals surface area (Å²) in [6, 6.07) is 19.1. The minimum absolute atomic E-state index is 0.108. The monoisotopic (exact) mass is 519 g/mol. The summed E-state index contributed by atoms with van der Waals surface area (Å²) in [4.78, 5) is 51.3. The van der Waals surface area contributed by atoms with Crippen LogP contribution in [0.4, 0.5) is 17.1 Å². The molecule has 2 N–H and O–H groups in total. The Balaban J connectivity index is 1.50. The number of ether oxygens (including phenoxy) is 2. The van der Waals surface area contributed by atoms with Crippen LogP contribution in [0.15, 0.2) is 83.5 Å². The molecule has 1 heterocycles. The summed E-state index contributed by atoms with van der Waals surface area (Å²) >= 11 is 6.22. The minimum atomic E-state index is -0.669. The van der Waals surface area contributed by atoms with Gasteiger partial charge in [0.1, 0.15) is 16.5 Å². The molecule has 0 aromatic heterocycles. The summed E-state index contributed by atoms with van der Waals surface area (Å²) in [6.07, 6.45) is 0. The van der Waals surface area contributed by atoms with Crippen LogP contribution in [-0.4, -0.2) is 37.4 Å². The Bertz CT molecular complexity index is 1420. The molecule has 0 radical (unpaired) electrons. The number of halogens is 1. The van der Waals surface area contributed by atoms with E-state index in [9.17, 15) is 19.2 Å². The van der Waals surface area contributed by atoms with Crippen molar-refractivity contribution in [3.63, 3.8) is 0 Å². The number of benzene rings is 3. The fraction of sp³-hybridized carbons (Fsp3) is 0.111. The van der Waals surface area contributed by atoms with E-state index < -0.39 is 23.7 Å². The molecular formula is C27H22ClN3O6. The summed E-state index contributed by atoms with van der Waals surface area (Å²) in [7, 11) is 1.27. The van der Waals surface area contributed by atoms with E-state index in [-0.39, 0.29) is 16.3 Å². The van der Waals surface area contributed by atoms with Crippen molar-refractivity contribution in [2.75, 3.05) is 29.3 Å². The highest BCUT2D eigenvalue weighted by atomic mass is 35.5. The Labute approximate surface area is 217 Å². The van der Waals surface area contributed by atoms with Gasteiger partial charge in [0.2, 0.25) is 0 Å². The average Bonchev–Trinajstić information content (AvgIpc) is 3.12. The van der Waals surface area contributed by atoms with E-state index in [0.717, 1.165) is 4.90 Å². The van der Waals surface area contributed by atoms with E-state index >= 15 is 0 Å². The molecule has 188 valence electrons. The quantitative estimate of drug-likeness (QED) is 0.331. The Kier molecular flexibility index (Phi) is 7.55. The van der Waals surface area contributed by atoms with E-state index in [1.54, 1.807) is 60.7 Å². The van der Waals surface area contributed by atoms with Gasteiger partial charge in [-0.3, -0.25) is 14.4 Å². The smallest absolute Gasteiger partial charge is 0.337 e. The van der Waals surface area contributed by atoms with Crippen LogP contribution in [0.2, 0.25) is 0 Å². The minimum Gasteiger partial charge on any atom is -0.494 e. The molecule has 37 heavy (non-hydrogen) atoms. The zero-order valence-electron chi connectivity index (χ0n) is 19.9. The predicted molar refractivity (Wildman–Crippen MR) is 139 cm³/mol. The van der Waals surface area contributed by atoms with Crippen LogP contribution >= 0.6 is 11.6 Å². The molecule has 0 saturated carbocycles. The van der Waals surface area contributed by atoms with Crippen molar-refractivity contribution in [2.45, 2.75) is 6.92 Å². The number of carbonyl (C=O) groups is 4. The molecule has 1 aliphatic rings. The molecule has 0 bridgehead atoms. The fourth-order valence-corrected chi connectivity index (χ4v) is 3.84. The number of methoxy groups -OCH3 is 1. The average molecular weight is 520 g/mol. The van der Waals surface area contributed by atoms with Crippen molar-refractivity contribution in [2.24, 2.45) is 0 Å². The molecule has 1 aliphatic heterocycles. The number of anilines is 3. The Morgan fingerprint density at radius 1 is 0.892 bits per heavy atom. The SMILES string of the molecule is CCOc1ccc(N2C(=O)C(Cl)=C(Nc3cccc(C(=O)Nc4cccc(C(=O)OC)c4)c3)C2=O)cc1. The topological polar surface area (TPSA) is 114 Å². The van der Waals surface area contributed by atoms with Crippen LogP contribution in [0.3, 0.4) is 0 Å². The van der Waals surface area contributed by atoms with Gasteiger partial charge in [0.25, 0.3) is 17.7 Å². The number of nitrogens with zero attached hydrogens (tertiary/aromatic N) is 1. The largest absolute Gasteiger partial charge is 0.494 e. The molecule has 0 fully saturated rings.